The fourth-order valence-electron chi connectivity index (χ4n) is 3.50. The average Bonchev–Trinajstić information content (AvgIpc) is 3.14. The largest absolute Gasteiger partial charge is 0.467 e. The molecule has 0 spiro atoms. The van der Waals surface area contributed by atoms with Gasteiger partial charge in [-0.05, 0) is 43.2 Å². The van der Waals surface area contributed by atoms with E-state index in [1.165, 1.54) is 29.8 Å². The number of pyridine rings is 1. The topological polar surface area (TPSA) is 69.0 Å². The van der Waals surface area contributed by atoms with E-state index < -0.39 is 36.0 Å². The number of amides is 1. The molecule has 1 amide bonds. The number of nitrogens with zero attached hydrogens (tertiary/aromatic N) is 3. The van der Waals surface area contributed by atoms with Crippen LogP contribution in [0.15, 0.2) is 54.6 Å². The van der Waals surface area contributed by atoms with Crippen LogP contribution in [-0.4, -0.2) is 27.3 Å². The van der Waals surface area contributed by atoms with Gasteiger partial charge < -0.3 is 10.1 Å². The first-order valence-electron chi connectivity index (χ1n) is 10.4. The molecule has 176 valence electrons. The smallest absolute Gasteiger partial charge is 0.417 e. The summed E-state index contributed by atoms with van der Waals surface area (Å²) in [7, 11) is 0. The van der Waals surface area contributed by atoms with E-state index >= 15 is 0 Å². The van der Waals surface area contributed by atoms with Gasteiger partial charge in [-0.2, -0.15) is 23.3 Å². The van der Waals surface area contributed by atoms with Crippen LogP contribution in [0.4, 0.5) is 23.2 Å². The van der Waals surface area contributed by atoms with Gasteiger partial charge in [0.15, 0.2) is 12.3 Å². The van der Waals surface area contributed by atoms with Crippen molar-refractivity contribution in [3.05, 3.63) is 77.2 Å². The Labute approximate surface area is 192 Å². The standard InChI is InChI=1S/C24H20F4N4O2/c1-3-15-8-10-16(11-9-15)32-23-22(14(2)31-32)17(24(26,27)28)12-21(30-23)34-13-20(33)29-19-7-5-4-6-18(19)25/h4-12H,3,13H2,1-2H3,(H,29,33). The number of carbonyl (C=O) groups is 1. The highest BCUT2D eigenvalue weighted by Gasteiger charge is 2.36. The average molecular weight is 472 g/mol. The minimum atomic E-state index is -4.71. The van der Waals surface area contributed by atoms with E-state index in [4.69, 9.17) is 4.74 Å². The maximum absolute atomic E-state index is 13.9. The van der Waals surface area contributed by atoms with Crippen molar-refractivity contribution in [3.8, 4) is 11.6 Å². The summed E-state index contributed by atoms with van der Waals surface area (Å²) in [5.74, 6) is -1.81. The van der Waals surface area contributed by atoms with E-state index in [-0.39, 0.29) is 22.4 Å². The Morgan fingerprint density at radius 3 is 2.47 bits per heavy atom. The van der Waals surface area contributed by atoms with Crippen LogP contribution in [0.5, 0.6) is 5.88 Å². The molecule has 0 aliphatic heterocycles. The molecule has 0 saturated carbocycles. The van der Waals surface area contributed by atoms with E-state index in [2.05, 4.69) is 15.4 Å². The molecule has 34 heavy (non-hydrogen) atoms. The second-order valence-electron chi connectivity index (χ2n) is 7.54. The minimum absolute atomic E-state index is 0.0546. The number of alkyl halides is 3. The molecule has 6 nitrogen and oxygen atoms in total. The Kier molecular flexibility index (Phi) is 6.23. The number of anilines is 1. The molecule has 0 fully saturated rings. The number of para-hydroxylation sites is 1. The van der Waals surface area contributed by atoms with E-state index in [9.17, 15) is 22.4 Å². The lowest BCUT2D eigenvalue weighted by Gasteiger charge is -2.12. The fraction of sp³-hybridized carbons (Fsp3) is 0.208. The number of nitrogens with one attached hydrogen (secondary N) is 1. The van der Waals surface area contributed by atoms with Gasteiger partial charge in [-0.15, -0.1) is 0 Å². The molecule has 1 N–H and O–H groups in total. The number of hydrogen-bond donors (Lipinski definition) is 1. The summed E-state index contributed by atoms with van der Waals surface area (Å²) in [6.45, 7) is 2.80. The molecule has 0 saturated heterocycles. The zero-order valence-electron chi connectivity index (χ0n) is 18.3. The van der Waals surface area contributed by atoms with Gasteiger partial charge in [0, 0.05) is 6.07 Å². The summed E-state index contributed by atoms with van der Waals surface area (Å²) < 4.78 is 61.9. The van der Waals surface area contributed by atoms with Crippen LogP contribution >= 0.6 is 0 Å². The fourth-order valence-corrected chi connectivity index (χ4v) is 3.50. The molecule has 2 aromatic carbocycles. The second-order valence-corrected chi connectivity index (χ2v) is 7.54. The molecule has 4 aromatic rings. The highest BCUT2D eigenvalue weighted by Crippen LogP contribution is 2.38. The molecule has 0 bridgehead atoms. The van der Waals surface area contributed by atoms with Gasteiger partial charge in [0.2, 0.25) is 5.88 Å². The Morgan fingerprint density at radius 2 is 1.82 bits per heavy atom. The summed E-state index contributed by atoms with van der Waals surface area (Å²) >= 11 is 0. The number of rotatable bonds is 6. The molecular weight excluding hydrogens is 452 g/mol. The highest BCUT2D eigenvalue weighted by molar-refractivity contribution is 5.92. The van der Waals surface area contributed by atoms with Crippen LogP contribution in [0, 0.1) is 12.7 Å². The van der Waals surface area contributed by atoms with Crippen molar-refractivity contribution >= 4 is 22.6 Å². The first kappa shape index (κ1) is 23.2. The predicted molar refractivity (Wildman–Crippen MR) is 119 cm³/mol. The van der Waals surface area contributed by atoms with Crippen molar-refractivity contribution in [3.63, 3.8) is 0 Å². The summed E-state index contributed by atoms with van der Waals surface area (Å²) in [6.07, 6.45) is -3.90. The Hall–Kier alpha value is -3.95. The van der Waals surface area contributed by atoms with Crippen LogP contribution in [0.25, 0.3) is 16.7 Å². The van der Waals surface area contributed by atoms with E-state index in [0.29, 0.717) is 5.69 Å². The number of halogens is 4. The normalized spacial score (nSPS) is 11.6. The molecule has 0 aliphatic rings. The van der Waals surface area contributed by atoms with Gasteiger partial charge in [-0.1, -0.05) is 31.2 Å². The highest BCUT2D eigenvalue weighted by atomic mass is 19.4. The molecule has 0 aliphatic carbocycles. The van der Waals surface area contributed by atoms with E-state index in [0.717, 1.165) is 24.1 Å². The SMILES string of the molecule is CCc1ccc(-n2nc(C)c3c(C(F)(F)F)cc(OCC(=O)Nc4ccccc4F)nc32)cc1. The van der Waals surface area contributed by atoms with Crippen molar-refractivity contribution in [1.82, 2.24) is 14.8 Å². The van der Waals surface area contributed by atoms with Crippen molar-refractivity contribution in [2.24, 2.45) is 0 Å². The van der Waals surface area contributed by atoms with Gasteiger partial charge >= 0.3 is 6.18 Å². The first-order valence-corrected chi connectivity index (χ1v) is 10.4. The van der Waals surface area contributed by atoms with Crippen LogP contribution in [0.3, 0.4) is 0 Å². The molecule has 2 aromatic heterocycles. The van der Waals surface area contributed by atoms with Gasteiger partial charge in [0.05, 0.1) is 28.0 Å². The quantitative estimate of drug-likeness (QED) is 0.378. The number of benzene rings is 2. The molecule has 0 radical (unpaired) electrons. The summed E-state index contributed by atoms with van der Waals surface area (Å²) in [4.78, 5) is 16.4. The van der Waals surface area contributed by atoms with E-state index in [1.54, 1.807) is 12.1 Å². The van der Waals surface area contributed by atoms with E-state index in [1.807, 2.05) is 19.1 Å². The van der Waals surface area contributed by atoms with Gasteiger partial charge in [0.1, 0.15) is 5.82 Å². The van der Waals surface area contributed by atoms with Gasteiger partial charge in [0.25, 0.3) is 5.91 Å². The van der Waals surface area contributed by atoms with Crippen molar-refractivity contribution in [1.29, 1.82) is 0 Å². The number of fused-ring (bicyclic) bond motifs is 1. The lowest BCUT2D eigenvalue weighted by Crippen LogP contribution is -2.21. The number of ether oxygens (including phenoxy) is 1. The maximum Gasteiger partial charge on any atom is 0.417 e. The number of carbonyl (C=O) groups excluding carboxylic acids is 1. The third-order valence-electron chi connectivity index (χ3n) is 5.18. The Morgan fingerprint density at radius 1 is 1.12 bits per heavy atom. The predicted octanol–water partition coefficient (Wildman–Crippen LogP) is 5.47. The summed E-state index contributed by atoms with van der Waals surface area (Å²) in [5, 5.41) is 6.42. The van der Waals surface area contributed by atoms with Crippen molar-refractivity contribution < 1.29 is 27.1 Å². The Bertz CT molecular complexity index is 1350. The second kappa shape index (κ2) is 9.12. The molecular formula is C24H20F4N4O2. The zero-order chi connectivity index (χ0) is 24.5. The lowest BCUT2D eigenvalue weighted by atomic mass is 10.1. The first-order chi connectivity index (χ1) is 16.2. The van der Waals surface area contributed by atoms with Crippen LogP contribution < -0.4 is 10.1 Å². The van der Waals surface area contributed by atoms with Gasteiger partial charge in [-0.25, -0.2) is 9.07 Å². The minimum Gasteiger partial charge on any atom is -0.467 e. The monoisotopic (exact) mass is 472 g/mol. The molecule has 2 heterocycles. The zero-order valence-corrected chi connectivity index (χ0v) is 18.3. The molecule has 4 rings (SSSR count). The molecule has 0 unspecified atom stereocenters. The van der Waals surface area contributed by atoms with Gasteiger partial charge in [-0.3, -0.25) is 4.79 Å². The summed E-state index contributed by atoms with van der Waals surface area (Å²) in [6, 6.07) is 13.4. The van der Waals surface area contributed by atoms with Crippen LogP contribution in [0.1, 0.15) is 23.7 Å². The Balaban J connectivity index is 1.69. The maximum atomic E-state index is 13.9. The lowest BCUT2D eigenvalue weighted by molar-refractivity contribution is -0.136. The van der Waals surface area contributed by atoms with Crippen LogP contribution in [-0.2, 0) is 17.4 Å². The third kappa shape index (κ3) is 4.70. The third-order valence-corrected chi connectivity index (χ3v) is 5.18. The summed E-state index contributed by atoms with van der Waals surface area (Å²) in [5.41, 5.74) is 0.645. The number of aryl methyl sites for hydroxylation is 2. The number of aromatic nitrogens is 3. The van der Waals surface area contributed by atoms with Crippen LogP contribution in [0.2, 0.25) is 0 Å². The molecule has 0 atom stereocenters. The van der Waals surface area contributed by atoms with Crippen molar-refractivity contribution in [2.75, 3.05) is 11.9 Å². The molecule has 10 heteroatoms. The van der Waals surface area contributed by atoms with Crippen molar-refractivity contribution in [2.45, 2.75) is 26.4 Å². The number of hydrogen-bond acceptors (Lipinski definition) is 4.